The molecule has 0 radical (unpaired) electrons. The minimum atomic E-state index is -0.317. The van der Waals surface area contributed by atoms with Crippen LogP contribution in [0.5, 0.6) is 0 Å². The second-order valence-electron chi connectivity index (χ2n) is 7.04. The Morgan fingerprint density at radius 1 is 1.30 bits per heavy atom. The fourth-order valence-electron chi connectivity index (χ4n) is 4.44. The molecule has 3 rings (SSSR count). The van der Waals surface area contributed by atoms with E-state index in [2.05, 4.69) is 19.2 Å². The summed E-state index contributed by atoms with van der Waals surface area (Å²) in [4.78, 5) is 27.0. The Kier molecular flexibility index (Phi) is 3.51. The van der Waals surface area contributed by atoms with Crippen LogP contribution in [-0.4, -0.2) is 34.8 Å². The Morgan fingerprint density at radius 2 is 2.05 bits per heavy atom. The van der Waals surface area contributed by atoms with Crippen LogP contribution in [0.3, 0.4) is 0 Å². The van der Waals surface area contributed by atoms with Crippen molar-refractivity contribution in [1.82, 2.24) is 10.2 Å². The fraction of sp³-hybridized carbons (Fsp3) is 0.875. The Balaban J connectivity index is 1.83. The van der Waals surface area contributed by atoms with Gasteiger partial charge in [0, 0.05) is 6.04 Å². The van der Waals surface area contributed by atoms with Crippen LogP contribution >= 0.6 is 0 Å². The molecule has 0 aromatic carbocycles. The van der Waals surface area contributed by atoms with Crippen LogP contribution in [0.2, 0.25) is 0 Å². The summed E-state index contributed by atoms with van der Waals surface area (Å²) in [6.07, 6.45) is 5.84. The third-order valence-corrected chi connectivity index (χ3v) is 5.89. The number of carbonyl (C=O) groups excluding carboxylic acids is 2. The minimum Gasteiger partial charge on any atom is -0.342 e. The van der Waals surface area contributed by atoms with Crippen LogP contribution in [-0.2, 0) is 9.59 Å². The molecule has 0 spiro atoms. The van der Waals surface area contributed by atoms with Gasteiger partial charge in [0.25, 0.3) is 0 Å². The number of nitrogens with zero attached hydrogens (tertiary/aromatic N) is 1. The second kappa shape index (κ2) is 5.05. The predicted octanol–water partition coefficient (Wildman–Crippen LogP) is 1.94. The summed E-state index contributed by atoms with van der Waals surface area (Å²) < 4.78 is 0. The van der Waals surface area contributed by atoms with Gasteiger partial charge in [-0.1, -0.05) is 26.7 Å². The van der Waals surface area contributed by atoms with Crippen LogP contribution in [0, 0.1) is 17.8 Å². The van der Waals surface area contributed by atoms with Gasteiger partial charge in [0.05, 0.1) is 0 Å². The smallest absolute Gasteiger partial charge is 0.246 e. The summed E-state index contributed by atoms with van der Waals surface area (Å²) in [7, 11) is 0. The average molecular weight is 278 g/mol. The molecule has 2 aliphatic carbocycles. The standard InChI is InChI=1S/C16H26N2O2/c1-4-9(2)14-16(20)18(10(3)15(19)17-14)13-8-11-5-6-12(13)7-11/h9-14H,4-8H2,1-3H3,(H,17,19). The van der Waals surface area contributed by atoms with Gasteiger partial charge in [-0.2, -0.15) is 0 Å². The van der Waals surface area contributed by atoms with E-state index in [0.29, 0.717) is 12.0 Å². The molecule has 2 bridgehead atoms. The number of nitrogens with one attached hydrogen (secondary N) is 1. The first-order valence-corrected chi connectivity index (χ1v) is 8.15. The molecule has 6 atom stereocenters. The van der Waals surface area contributed by atoms with Crippen LogP contribution < -0.4 is 5.32 Å². The monoisotopic (exact) mass is 278 g/mol. The van der Waals surface area contributed by atoms with Crippen molar-refractivity contribution >= 4 is 11.8 Å². The predicted molar refractivity (Wildman–Crippen MR) is 76.9 cm³/mol. The molecule has 2 saturated carbocycles. The first-order valence-electron chi connectivity index (χ1n) is 8.15. The average Bonchev–Trinajstić information content (AvgIpc) is 3.05. The van der Waals surface area contributed by atoms with E-state index in [1.54, 1.807) is 0 Å². The molecule has 4 heteroatoms. The van der Waals surface area contributed by atoms with Crippen molar-refractivity contribution in [2.24, 2.45) is 17.8 Å². The minimum absolute atomic E-state index is 0.0256. The lowest BCUT2D eigenvalue weighted by Gasteiger charge is -2.45. The Labute approximate surface area is 121 Å². The number of piperazine rings is 1. The summed E-state index contributed by atoms with van der Waals surface area (Å²) in [6.45, 7) is 6.01. The van der Waals surface area contributed by atoms with Crippen molar-refractivity contribution in [1.29, 1.82) is 0 Å². The van der Waals surface area contributed by atoms with Gasteiger partial charge in [0.1, 0.15) is 12.1 Å². The molecule has 1 heterocycles. The third-order valence-electron chi connectivity index (χ3n) is 5.89. The number of carbonyl (C=O) groups is 2. The number of hydrogen-bond acceptors (Lipinski definition) is 2. The van der Waals surface area contributed by atoms with Crippen molar-refractivity contribution in [2.75, 3.05) is 0 Å². The molecule has 2 amide bonds. The molecule has 112 valence electrons. The van der Waals surface area contributed by atoms with Gasteiger partial charge in [0.2, 0.25) is 11.8 Å². The fourth-order valence-corrected chi connectivity index (χ4v) is 4.44. The quantitative estimate of drug-likeness (QED) is 0.857. The van der Waals surface area contributed by atoms with E-state index < -0.39 is 0 Å². The van der Waals surface area contributed by atoms with Gasteiger partial charge in [-0.3, -0.25) is 9.59 Å². The van der Waals surface area contributed by atoms with E-state index in [1.807, 2.05) is 11.8 Å². The molecule has 3 fully saturated rings. The highest BCUT2D eigenvalue weighted by Crippen LogP contribution is 2.47. The van der Waals surface area contributed by atoms with E-state index in [0.717, 1.165) is 18.8 Å². The highest BCUT2D eigenvalue weighted by molar-refractivity contribution is 5.97. The zero-order valence-electron chi connectivity index (χ0n) is 12.8. The zero-order valence-corrected chi connectivity index (χ0v) is 12.8. The molecule has 0 aromatic rings. The van der Waals surface area contributed by atoms with Gasteiger partial charge in [-0.15, -0.1) is 0 Å². The molecule has 1 aliphatic heterocycles. The van der Waals surface area contributed by atoms with Gasteiger partial charge in [0.15, 0.2) is 0 Å². The maximum atomic E-state index is 12.9. The third kappa shape index (κ3) is 2.04. The molecular weight excluding hydrogens is 252 g/mol. The molecule has 1 saturated heterocycles. The highest BCUT2D eigenvalue weighted by Gasteiger charge is 2.50. The van der Waals surface area contributed by atoms with Crippen molar-refractivity contribution in [3.63, 3.8) is 0 Å². The number of amides is 2. The maximum absolute atomic E-state index is 12.9. The topological polar surface area (TPSA) is 49.4 Å². The number of rotatable bonds is 3. The number of fused-ring (bicyclic) bond motifs is 2. The van der Waals surface area contributed by atoms with Gasteiger partial charge in [-0.25, -0.2) is 0 Å². The molecule has 0 aromatic heterocycles. The van der Waals surface area contributed by atoms with Crippen LogP contribution in [0.4, 0.5) is 0 Å². The van der Waals surface area contributed by atoms with Gasteiger partial charge >= 0.3 is 0 Å². The summed E-state index contributed by atoms with van der Waals surface area (Å²) in [5.41, 5.74) is 0. The van der Waals surface area contributed by atoms with Crippen LogP contribution in [0.25, 0.3) is 0 Å². The molecule has 6 unspecified atom stereocenters. The molecular formula is C16H26N2O2. The van der Waals surface area contributed by atoms with E-state index in [9.17, 15) is 9.59 Å². The lowest BCUT2D eigenvalue weighted by atomic mass is 9.88. The van der Waals surface area contributed by atoms with E-state index in [1.165, 1.54) is 19.3 Å². The lowest BCUT2D eigenvalue weighted by Crippen LogP contribution is -2.66. The van der Waals surface area contributed by atoms with Crippen molar-refractivity contribution < 1.29 is 9.59 Å². The molecule has 4 nitrogen and oxygen atoms in total. The Bertz CT molecular complexity index is 423. The van der Waals surface area contributed by atoms with Crippen LogP contribution in [0.1, 0.15) is 52.9 Å². The largest absolute Gasteiger partial charge is 0.342 e. The first kappa shape index (κ1) is 13.9. The first-order chi connectivity index (χ1) is 9.52. The summed E-state index contributed by atoms with van der Waals surface area (Å²) >= 11 is 0. The van der Waals surface area contributed by atoms with E-state index in [-0.39, 0.29) is 29.8 Å². The van der Waals surface area contributed by atoms with Gasteiger partial charge in [-0.05, 0) is 43.9 Å². The van der Waals surface area contributed by atoms with Crippen molar-refractivity contribution in [3.8, 4) is 0 Å². The summed E-state index contributed by atoms with van der Waals surface area (Å²) in [6, 6.07) is -0.302. The van der Waals surface area contributed by atoms with Crippen LogP contribution in [0.15, 0.2) is 0 Å². The Morgan fingerprint density at radius 3 is 2.60 bits per heavy atom. The highest BCUT2D eigenvalue weighted by atomic mass is 16.2. The Hall–Kier alpha value is -1.06. The van der Waals surface area contributed by atoms with Gasteiger partial charge < -0.3 is 10.2 Å². The molecule has 1 N–H and O–H groups in total. The van der Waals surface area contributed by atoms with E-state index >= 15 is 0 Å². The van der Waals surface area contributed by atoms with Crippen molar-refractivity contribution in [3.05, 3.63) is 0 Å². The zero-order chi connectivity index (χ0) is 14.4. The molecule has 20 heavy (non-hydrogen) atoms. The van der Waals surface area contributed by atoms with Crippen molar-refractivity contribution in [2.45, 2.75) is 71.0 Å². The second-order valence-corrected chi connectivity index (χ2v) is 7.04. The molecule has 3 aliphatic rings. The summed E-state index contributed by atoms with van der Waals surface area (Å²) in [5, 5.41) is 2.93. The normalized spacial score (nSPS) is 42.0. The SMILES string of the molecule is CCC(C)C1NC(=O)C(C)N(C2CC3CCC2C3)C1=O. The summed E-state index contributed by atoms with van der Waals surface area (Å²) in [5.74, 6) is 1.81. The lowest BCUT2D eigenvalue weighted by molar-refractivity contribution is -0.154. The number of hydrogen-bond donors (Lipinski definition) is 1. The van der Waals surface area contributed by atoms with E-state index in [4.69, 9.17) is 0 Å². The maximum Gasteiger partial charge on any atom is 0.246 e.